The van der Waals surface area contributed by atoms with E-state index in [0.717, 1.165) is 11.3 Å². The van der Waals surface area contributed by atoms with E-state index in [-0.39, 0.29) is 0 Å². The van der Waals surface area contributed by atoms with E-state index in [2.05, 4.69) is 61.3 Å². The van der Waals surface area contributed by atoms with Crippen LogP contribution in [0.2, 0.25) is 0 Å². The van der Waals surface area contributed by atoms with Gasteiger partial charge in [-0.1, -0.05) is 0 Å². The van der Waals surface area contributed by atoms with Gasteiger partial charge in [-0.05, 0) is 31.2 Å². The second-order valence-corrected chi connectivity index (χ2v) is 6.09. The smallest absolute Gasteiger partial charge is 0.182 e. The SMILES string of the molecule is CN/C(S)=N/N=C(C)/C(=N/N=C(\S)NC)c1ncoc1-c1ccc(OC)cc1. The van der Waals surface area contributed by atoms with Crippen LogP contribution in [0.25, 0.3) is 11.3 Å². The molecule has 0 atom stereocenters. The summed E-state index contributed by atoms with van der Waals surface area (Å²) in [6.45, 7) is 1.73. The van der Waals surface area contributed by atoms with Crippen molar-refractivity contribution in [1.29, 1.82) is 0 Å². The van der Waals surface area contributed by atoms with E-state index in [1.807, 2.05) is 24.3 Å². The summed E-state index contributed by atoms with van der Waals surface area (Å²) in [7, 11) is 4.98. The molecule has 148 valence electrons. The molecule has 1 aromatic carbocycles. The quantitative estimate of drug-likeness (QED) is 0.249. The first kappa shape index (κ1) is 21.5. The lowest BCUT2D eigenvalue weighted by atomic mass is 10.1. The number of amidine groups is 2. The number of oxazole rings is 1. The largest absolute Gasteiger partial charge is 0.497 e. The molecular formula is C17H21N7O2S2. The number of methoxy groups -OCH3 is 1. The van der Waals surface area contributed by atoms with Gasteiger partial charge in [-0.3, -0.25) is 0 Å². The number of nitrogens with one attached hydrogen (secondary N) is 2. The minimum absolute atomic E-state index is 0.327. The van der Waals surface area contributed by atoms with E-state index >= 15 is 0 Å². The Kier molecular flexibility index (Phi) is 8.08. The third-order valence-electron chi connectivity index (χ3n) is 3.47. The first-order valence-corrected chi connectivity index (χ1v) is 8.99. The number of rotatable bonds is 6. The number of aromatic nitrogens is 1. The van der Waals surface area contributed by atoms with Gasteiger partial charge in [0.2, 0.25) is 0 Å². The molecule has 0 bridgehead atoms. The molecule has 2 rings (SSSR count). The summed E-state index contributed by atoms with van der Waals surface area (Å²) in [4.78, 5) is 4.30. The van der Waals surface area contributed by atoms with Crippen LogP contribution >= 0.6 is 25.3 Å². The van der Waals surface area contributed by atoms with Crippen molar-refractivity contribution in [3.63, 3.8) is 0 Å². The summed E-state index contributed by atoms with van der Waals surface area (Å²) in [5.74, 6) is 1.25. The number of thiol groups is 2. The minimum Gasteiger partial charge on any atom is -0.497 e. The summed E-state index contributed by atoms with van der Waals surface area (Å²) in [5, 5.41) is 22.6. The second-order valence-electron chi connectivity index (χ2n) is 5.24. The maximum atomic E-state index is 5.60. The third kappa shape index (κ3) is 5.60. The molecule has 0 aliphatic heterocycles. The summed E-state index contributed by atoms with van der Waals surface area (Å²) < 4.78 is 10.8. The lowest BCUT2D eigenvalue weighted by Crippen LogP contribution is -2.16. The zero-order valence-corrected chi connectivity index (χ0v) is 17.6. The molecule has 1 aromatic heterocycles. The number of benzene rings is 1. The normalized spacial score (nSPS) is 13.5. The molecule has 2 aromatic rings. The van der Waals surface area contributed by atoms with Crippen molar-refractivity contribution in [3.8, 4) is 17.1 Å². The summed E-state index contributed by atoms with van der Waals surface area (Å²) in [5.41, 5.74) is 2.10. The summed E-state index contributed by atoms with van der Waals surface area (Å²) >= 11 is 8.31. The predicted octanol–water partition coefficient (Wildman–Crippen LogP) is 2.44. The van der Waals surface area contributed by atoms with Gasteiger partial charge in [0.25, 0.3) is 0 Å². The highest BCUT2D eigenvalue weighted by Gasteiger charge is 2.19. The third-order valence-corrected chi connectivity index (χ3v) is 4.10. The summed E-state index contributed by atoms with van der Waals surface area (Å²) in [6, 6.07) is 7.38. The van der Waals surface area contributed by atoms with Crippen LogP contribution in [-0.2, 0) is 0 Å². The van der Waals surface area contributed by atoms with Crippen LogP contribution < -0.4 is 15.4 Å². The van der Waals surface area contributed by atoms with Crippen LogP contribution in [0.5, 0.6) is 5.75 Å². The van der Waals surface area contributed by atoms with Crippen molar-refractivity contribution in [2.45, 2.75) is 6.92 Å². The monoisotopic (exact) mass is 419 g/mol. The van der Waals surface area contributed by atoms with Gasteiger partial charge in [0, 0.05) is 19.7 Å². The fraction of sp³-hybridized carbons (Fsp3) is 0.235. The van der Waals surface area contributed by atoms with Gasteiger partial charge in [-0.15, -0.1) is 40.6 Å². The van der Waals surface area contributed by atoms with Crippen LogP contribution in [0, 0.1) is 0 Å². The average molecular weight is 420 g/mol. The molecule has 0 aliphatic rings. The van der Waals surface area contributed by atoms with Crippen LogP contribution in [0.1, 0.15) is 12.6 Å². The molecule has 9 nitrogen and oxygen atoms in total. The number of ether oxygens (including phenoxy) is 1. The van der Waals surface area contributed by atoms with Crippen molar-refractivity contribution in [1.82, 2.24) is 15.6 Å². The average Bonchev–Trinajstić information content (AvgIpc) is 3.21. The highest BCUT2D eigenvalue weighted by atomic mass is 32.1. The van der Waals surface area contributed by atoms with Crippen molar-refractivity contribution < 1.29 is 9.15 Å². The Morgan fingerprint density at radius 1 is 1.00 bits per heavy atom. The Labute approximate surface area is 173 Å². The fourth-order valence-electron chi connectivity index (χ4n) is 2.02. The van der Waals surface area contributed by atoms with E-state index in [0.29, 0.717) is 33.2 Å². The van der Waals surface area contributed by atoms with Gasteiger partial charge in [-0.2, -0.15) is 5.10 Å². The van der Waals surface area contributed by atoms with Gasteiger partial charge in [0.05, 0.1) is 12.8 Å². The van der Waals surface area contributed by atoms with Gasteiger partial charge >= 0.3 is 0 Å². The number of nitrogens with zero attached hydrogens (tertiary/aromatic N) is 5. The molecule has 11 heteroatoms. The Morgan fingerprint density at radius 2 is 1.61 bits per heavy atom. The topological polar surface area (TPSA) is 109 Å². The lowest BCUT2D eigenvalue weighted by molar-refractivity contribution is 0.415. The van der Waals surface area contributed by atoms with Gasteiger partial charge in [0.1, 0.15) is 17.2 Å². The predicted molar refractivity (Wildman–Crippen MR) is 119 cm³/mol. The molecule has 1 heterocycles. The first-order chi connectivity index (χ1) is 13.5. The summed E-state index contributed by atoms with van der Waals surface area (Å²) in [6.07, 6.45) is 1.34. The Hall–Kier alpha value is -2.79. The molecule has 0 spiro atoms. The van der Waals surface area contributed by atoms with Gasteiger partial charge < -0.3 is 19.8 Å². The van der Waals surface area contributed by atoms with Gasteiger partial charge in [-0.25, -0.2) is 4.98 Å². The Bertz CT molecular complexity index is 918. The van der Waals surface area contributed by atoms with E-state index in [1.54, 1.807) is 28.1 Å². The molecule has 0 amide bonds. The first-order valence-electron chi connectivity index (χ1n) is 8.10. The maximum Gasteiger partial charge on any atom is 0.182 e. The van der Waals surface area contributed by atoms with Crippen LogP contribution in [0.3, 0.4) is 0 Å². The Balaban J connectivity index is 2.54. The molecule has 0 aliphatic carbocycles. The highest BCUT2D eigenvalue weighted by Crippen LogP contribution is 2.26. The van der Waals surface area contributed by atoms with Crippen LogP contribution in [-0.4, -0.2) is 47.9 Å². The van der Waals surface area contributed by atoms with E-state index in [4.69, 9.17) is 9.15 Å². The van der Waals surface area contributed by atoms with Crippen molar-refractivity contribution in [2.75, 3.05) is 21.2 Å². The second kappa shape index (κ2) is 10.5. The zero-order valence-electron chi connectivity index (χ0n) is 15.8. The Morgan fingerprint density at radius 3 is 2.18 bits per heavy atom. The lowest BCUT2D eigenvalue weighted by Gasteiger charge is -2.05. The molecule has 0 fully saturated rings. The maximum absolute atomic E-state index is 5.60. The molecule has 0 unspecified atom stereocenters. The number of hydrogen-bond donors (Lipinski definition) is 4. The molecule has 0 saturated carbocycles. The number of hydrogen-bond acceptors (Lipinski definition) is 7. The molecule has 0 radical (unpaired) electrons. The van der Waals surface area contributed by atoms with Crippen molar-refractivity contribution in [3.05, 3.63) is 36.4 Å². The van der Waals surface area contributed by atoms with Crippen molar-refractivity contribution >= 4 is 47.0 Å². The fourth-order valence-corrected chi connectivity index (χ4v) is 2.11. The molecular weight excluding hydrogens is 398 g/mol. The van der Waals surface area contributed by atoms with E-state index in [1.165, 1.54) is 6.39 Å². The minimum atomic E-state index is 0.327. The van der Waals surface area contributed by atoms with Crippen LogP contribution in [0.15, 0.2) is 55.5 Å². The van der Waals surface area contributed by atoms with Gasteiger partial charge in [0.15, 0.2) is 22.5 Å². The van der Waals surface area contributed by atoms with E-state index < -0.39 is 0 Å². The standard InChI is InChI=1S/C17H21N7O2S2/c1-10(21-23-16(27)18-2)13(22-24-17(28)19-3)14-15(26-9-20-14)11-5-7-12(25-4)8-6-11/h5-9H,1-4H3,(H2,18,23,27)(H2,19,24,28)/b21-10+,22-13-. The molecule has 0 saturated heterocycles. The highest BCUT2D eigenvalue weighted by molar-refractivity contribution is 7.97. The van der Waals surface area contributed by atoms with Crippen LogP contribution in [0.4, 0.5) is 0 Å². The molecule has 2 N–H and O–H groups in total. The van der Waals surface area contributed by atoms with Crippen molar-refractivity contribution in [2.24, 2.45) is 20.4 Å². The molecule has 28 heavy (non-hydrogen) atoms. The van der Waals surface area contributed by atoms with E-state index in [9.17, 15) is 0 Å². The zero-order chi connectivity index (χ0) is 20.5.